The monoisotopic (exact) mass is 364 g/mol. The van der Waals surface area contributed by atoms with Crippen LogP contribution in [0.3, 0.4) is 0 Å². The molecule has 1 aliphatic rings. The second kappa shape index (κ2) is 7.15. The lowest BCUT2D eigenvalue weighted by Crippen LogP contribution is -2.13. The third kappa shape index (κ3) is 3.84. The molecule has 0 radical (unpaired) electrons. The Hall–Kier alpha value is -2.90. The topological polar surface area (TPSA) is 60.2 Å². The van der Waals surface area contributed by atoms with Crippen LogP contribution in [0.25, 0.3) is 0 Å². The molecular formula is C18H15F3N2O3. The standard InChI is InChI=1S/C18H15F3N2O3/c1-25-13-5-3-12(4-6-13)17-10-14(26-23-17)8-11-2-7-16(22-24)15(9-11)18(19,20)21/h2-7,9,14H,8,10H2,1H3. The highest BCUT2D eigenvalue weighted by molar-refractivity contribution is 6.01. The molecule has 5 nitrogen and oxygen atoms in total. The zero-order valence-electron chi connectivity index (χ0n) is 13.8. The summed E-state index contributed by atoms with van der Waals surface area (Å²) in [7, 11) is 1.57. The van der Waals surface area contributed by atoms with Gasteiger partial charge in [-0.1, -0.05) is 11.2 Å². The zero-order valence-corrected chi connectivity index (χ0v) is 13.8. The summed E-state index contributed by atoms with van der Waals surface area (Å²) >= 11 is 0. The number of oxime groups is 1. The van der Waals surface area contributed by atoms with E-state index in [1.54, 1.807) is 19.2 Å². The predicted molar refractivity (Wildman–Crippen MR) is 89.6 cm³/mol. The molecular weight excluding hydrogens is 349 g/mol. The van der Waals surface area contributed by atoms with Gasteiger partial charge in [-0.25, -0.2) is 0 Å². The smallest absolute Gasteiger partial charge is 0.418 e. The van der Waals surface area contributed by atoms with Crippen LogP contribution >= 0.6 is 0 Å². The lowest BCUT2D eigenvalue weighted by molar-refractivity contribution is -0.137. The van der Waals surface area contributed by atoms with Crippen molar-refractivity contribution in [3.8, 4) is 5.75 Å². The molecule has 136 valence electrons. The van der Waals surface area contributed by atoms with E-state index < -0.39 is 17.4 Å². The molecule has 0 fully saturated rings. The van der Waals surface area contributed by atoms with Gasteiger partial charge >= 0.3 is 6.18 Å². The van der Waals surface area contributed by atoms with Crippen LogP contribution in [0.4, 0.5) is 18.9 Å². The summed E-state index contributed by atoms with van der Waals surface area (Å²) in [4.78, 5) is 15.9. The minimum absolute atomic E-state index is 0.241. The van der Waals surface area contributed by atoms with Crippen molar-refractivity contribution in [2.45, 2.75) is 25.1 Å². The van der Waals surface area contributed by atoms with Crippen LogP contribution < -0.4 is 4.74 Å². The number of nitrogens with zero attached hydrogens (tertiary/aromatic N) is 2. The molecule has 2 aromatic rings. The number of alkyl halides is 3. The van der Waals surface area contributed by atoms with Crippen molar-refractivity contribution >= 4 is 11.4 Å². The largest absolute Gasteiger partial charge is 0.497 e. The number of methoxy groups -OCH3 is 1. The Morgan fingerprint density at radius 2 is 1.96 bits per heavy atom. The number of benzene rings is 2. The molecule has 0 aromatic heterocycles. The number of hydrogen-bond donors (Lipinski definition) is 0. The van der Waals surface area contributed by atoms with E-state index in [9.17, 15) is 18.1 Å². The zero-order chi connectivity index (χ0) is 18.7. The van der Waals surface area contributed by atoms with Crippen molar-refractivity contribution in [1.29, 1.82) is 0 Å². The highest BCUT2D eigenvalue weighted by Crippen LogP contribution is 2.37. The third-order valence-corrected chi connectivity index (χ3v) is 4.08. The number of hydrogen-bond acceptors (Lipinski definition) is 5. The van der Waals surface area contributed by atoms with E-state index in [0.717, 1.165) is 23.4 Å². The van der Waals surface area contributed by atoms with Crippen LogP contribution in [0.5, 0.6) is 5.75 Å². The van der Waals surface area contributed by atoms with Crippen LogP contribution in [0.15, 0.2) is 52.8 Å². The fourth-order valence-corrected chi connectivity index (χ4v) is 2.77. The van der Waals surface area contributed by atoms with Crippen LogP contribution in [0, 0.1) is 4.91 Å². The molecule has 3 rings (SSSR count). The van der Waals surface area contributed by atoms with Crippen molar-refractivity contribution in [1.82, 2.24) is 0 Å². The molecule has 2 aromatic carbocycles. The minimum Gasteiger partial charge on any atom is -0.497 e. The summed E-state index contributed by atoms with van der Waals surface area (Å²) in [6.45, 7) is 0. The summed E-state index contributed by atoms with van der Waals surface area (Å²) < 4.78 is 44.1. The van der Waals surface area contributed by atoms with Gasteiger partial charge in [0, 0.05) is 12.8 Å². The van der Waals surface area contributed by atoms with Gasteiger partial charge in [0.2, 0.25) is 0 Å². The average molecular weight is 364 g/mol. The first-order chi connectivity index (χ1) is 12.4. The highest BCUT2D eigenvalue weighted by Gasteiger charge is 2.34. The van der Waals surface area contributed by atoms with Gasteiger partial charge < -0.3 is 9.57 Å². The van der Waals surface area contributed by atoms with Crippen molar-refractivity contribution < 1.29 is 22.7 Å². The van der Waals surface area contributed by atoms with Crippen LogP contribution in [-0.4, -0.2) is 18.9 Å². The summed E-state index contributed by atoms with van der Waals surface area (Å²) in [6.07, 6.45) is -4.30. The van der Waals surface area contributed by atoms with E-state index in [4.69, 9.17) is 9.57 Å². The summed E-state index contributed by atoms with van der Waals surface area (Å²) in [5, 5.41) is 6.47. The Bertz CT molecular complexity index is 833. The molecule has 8 heteroatoms. The number of ether oxygens (including phenoxy) is 1. The van der Waals surface area contributed by atoms with Crippen molar-refractivity contribution in [3.05, 3.63) is 64.1 Å². The lowest BCUT2D eigenvalue weighted by Gasteiger charge is -2.12. The van der Waals surface area contributed by atoms with E-state index in [-0.39, 0.29) is 12.5 Å². The first-order valence-corrected chi connectivity index (χ1v) is 7.81. The van der Waals surface area contributed by atoms with Crippen LogP contribution in [0.2, 0.25) is 0 Å². The fraction of sp³-hybridized carbons (Fsp3) is 0.278. The maximum atomic E-state index is 13.0. The van der Waals surface area contributed by atoms with Crippen LogP contribution in [0.1, 0.15) is 23.1 Å². The maximum absolute atomic E-state index is 13.0. The van der Waals surface area contributed by atoms with Gasteiger partial charge in [0.25, 0.3) is 0 Å². The average Bonchev–Trinajstić information content (AvgIpc) is 3.09. The number of rotatable bonds is 5. The number of nitroso groups, excluding NO2 is 1. The second-order valence-electron chi connectivity index (χ2n) is 5.84. The van der Waals surface area contributed by atoms with Crippen LogP contribution in [-0.2, 0) is 17.4 Å². The summed E-state index contributed by atoms with van der Waals surface area (Å²) in [5.74, 6) is 0.716. The molecule has 1 aliphatic heterocycles. The van der Waals surface area contributed by atoms with Gasteiger partial charge in [-0.15, -0.1) is 4.91 Å². The molecule has 26 heavy (non-hydrogen) atoms. The van der Waals surface area contributed by atoms with Gasteiger partial charge in [-0.3, -0.25) is 0 Å². The fourth-order valence-electron chi connectivity index (χ4n) is 2.77. The van der Waals surface area contributed by atoms with Gasteiger partial charge in [-0.2, -0.15) is 13.2 Å². The van der Waals surface area contributed by atoms with Gasteiger partial charge in [-0.05, 0) is 52.7 Å². The molecule has 0 amide bonds. The Labute approximate surface area is 147 Å². The van der Waals surface area contributed by atoms with E-state index in [2.05, 4.69) is 10.3 Å². The highest BCUT2D eigenvalue weighted by atomic mass is 19.4. The molecule has 1 heterocycles. The number of halogens is 3. The first-order valence-electron chi connectivity index (χ1n) is 7.81. The summed E-state index contributed by atoms with van der Waals surface area (Å²) in [6, 6.07) is 10.7. The Balaban J connectivity index is 1.70. The molecule has 0 bridgehead atoms. The summed E-state index contributed by atoms with van der Waals surface area (Å²) in [5.41, 5.74) is 0.327. The minimum atomic E-state index is -4.64. The quantitative estimate of drug-likeness (QED) is 0.713. The SMILES string of the molecule is COc1ccc(C2=NOC(Cc3ccc(N=O)c(C(F)(F)F)c3)C2)cc1. The third-order valence-electron chi connectivity index (χ3n) is 4.08. The first kappa shape index (κ1) is 17.9. The van der Waals surface area contributed by atoms with Gasteiger partial charge in [0.05, 0.1) is 18.4 Å². The van der Waals surface area contributed by atoms with Gasteiger partial charge in [0.1, 0.15) is 17.5 Å². The van der Waals surface area contributed by atoms with Crippen molar-refractivity contribution in [2.24, 2.45) is 10.3 Å². The van der Waals surface area contributed by atoms with Crippen molar-refractivity contribution in [2.75, 3.05) is 7.11 Å². The lowest BCUT2D eigenvalue weighted by atomic mass is 9.98. The molecule has 1 unspecified atom stereocenters. The molecule has 0 saturated carbocycles. The normalized spacial score (nSPS) is 16.8. The van der Waals surface area contributed by atoms with E-state index in [0.29, 0.717) is 17.7 Å². The molecule has 0 spiro atoms. The molecule has 0 saturated heterocycles. The molecule has 1 atom stereocenters. The van der Waals surface area contributed by atoms with E-state index >= 15 is 0 Å². The predicted octanol–water partition coefficient (Wildman–Crippen LogP) is 4.85. The Morgan fingerprint density at radius 3 is 2.58 bits per heavy atom. The van der Waals surface area contributed by atoms with E-state index in [1.165, 1.54) is 6.07 Å². The molecule has 0 N–H and O–H groups in total. The van der Waals surface area contributed by atoms with Gasteiger partial charge in [0.15, 0.2) is 0 Å². The molecule has 0 aliphatic carbocycles. The van der Waals surface area contributed by atoms with E-state index in [1.807, 2.05) is 12.1 Å². The second-order valence-corrected chi connectivity index (χ2v) is 5.84. The Morgan fingerprint density at radius 1 is 1.23 bits per heavy atom. The maximum Gasteiger partial charge on any atom is 0.418 e. The Kier molecular flexibility index (Phi) is 4.92. The van der Waals surface area contributed by atoms with Crippen molar-refractivity contribution in [3.63, 3.8) is 0 Å².